The molecule has 2 atom stereocenters. The van der Waals surface area contributed by atoms with Gasteiger partial charge in [-0.2, -0.15) is 0 Å². The molecule has 1 N–H and O–H groups in total. The molecule has 2 rings (SSSR count). The number of thiazole rings is 1. The van der Waals surface area contributed by atoms with Gasteiger partial charge in [0.25, 0.3) is 0 Å². The summed E-state index contributed by atoms with van der Waals surface area (Å²) in [5.74, 6) is -0.377. The van der Waals surface area contributed by atoms with E-state index >= 15 is 0 Å². The van der Waals surface area contributed by atoms with Crippen LogP contribution >= 0.6 is 11.3 Å². The van der Waals surface area contributed by atoms with Crippen molar-refractivity contribution in [3.8, 4) is 0 Å². The maximum absolute atomic E-state index is 12.2. The van der Waals surface area contributed by atoms with Crippen molar-refractivity contribution in [1.82, 2.24) is 9.88 Å². The zero-order valence-electron chi connectivity index (χ0n) is 12.4. The van der Waals surface area contributed by atoms with Crippen molar-refractivity contribution in [2.24, 2.45) is 5.92 Å². The Morgan fingerprint density at radius 3 is 3.10 bits per heavy atom. The van der Waals surface area contributed by atoms with Crippen molar-refractivity contribution in [2.75, 3.05) is 25.0 Å². The molecule has 1 aromatic rings. The molecule has 0 radical (unpaired) electrons. The normalized spacial score (nSPS) is 20.8. The molecule has 0 unspecified atom stereocenters. The Balaban J connectivity index is 1.90. The quantitative estimate of drug-likeness (QED) is 0.839. The van der Waals surface area contributed by atoms with Crippen LogP contribution in [0, 0.1) is 5.92 Å². The summed E-state index contributed by atoms with van der Waals surface area (Å²) in [6, 6.07) is -0.286. The van der Waals surface area contributed by atoms with E-state index in [4.69, 9.17) is 4.74 Å². The summed E-state index contributed by atoms with van der Waals surface area (Å²) in [4.78, 5) is 30.1. The number of likely N-dealkylation sites (tertiary alicyclic amines) is 1. The van der Waals surface area contributed by atoms with Crippen molar-refractivity contribution < 1.29 is 14.3 Å². The van der Waals surface area contributed by atoms with Crippen LogP contribution in [0.25, 0.3) is 0 Å². The maximum Gasteiger partial charge on any atom is 0.310 e. The van der Waals surface area contributed by atoms with Gasteiger partial charge >= 0.3 is 5.97 Å². The molecule has 0 aromatic carbocycles. The summed E-state index contributed by atoms with van der Waals surface area (Å²) in [5, 5.41) is 5.22. The number of amides is 1. The Morgan fingerprint density at radius 2 is 2.43 bits per heavy atom. The van der Waals surface area contributed by atoms with Gasteiger partial charge < -0.3 is 10.1 Å². The van der Waals surface area contributed by atoms with Crippen molar-refractivity contribution in [2.45, 2.75) is 32.7 Å². The Labute approximate surface area is 128 Å². The third-order valence-electron chi connectivity index (χ3n) is 3.66. The van der Waals surface area contributed by atoms with E-state index in [0.717, 1.165) is 19.4 Å². The highest BCUT2D eigenvalue weighted by Gasteiger charge is 2.31. The SMILES string of the molecule is CCOC(=O)[C@@H]1CCCN([C@H](C)C(=O)Nc2nccs2)C1. The van der Waals surface area contributed by atoms with E-state index in [9.17, 15) is 9.59 Å². The molecule has 116 valence electrons. The Hall–Kier alpha value is -1.47. The number of nitrogens with one attached hydrogen (secondary N) is 1. The van der Waals surface area contributed by atoms with E-state index in [1.54, 1.807) is 6.20 Å². The molecular weight excluding hydrogens is 290 g/mol. The third kappa shape index (κ3) is 4.25. The van der Waals surface area contributed by atoms with Gasteiger partial charge in [-0.3, -0.25) is 14.5 Å². The van der Waals surface area contributed by atoms with Crippen molar-refractivity contribution >= 4 is 28.3 Å². The molecule has 0 bridgehead atoms. The molecule has 1 aliphatic rings. The Morgan fingerprint density at radius 1 is 1.62 bits per heavy atom. The van der Waals surface area contributed by atoms with Gasteiger partial charge in [0.15, 0.2) is 5.13 Å². The van der Waals surface area contributed by atoms with Crippen molar-refractivity contribution in [3.63, 3.8) is 0 Å². The summed E-state index contributed by atoms with van der Waals surface area (Å²) in [6.07, 6.45) is 3.39. The number of aromatic nitrogens is 1. The number of rotatable bonds is 5. The Kier molecular flexibility index (Phi) is 5.69. The van der Waals surface area contributed by atoms with Gasteiger partial charge in [-0.1, -0.05) is 0 Å². The molecule has 1 aliphatic heterocycles. The molecule has 1 amide bonds. The van der Waals surface area contributed by atoms with Gasteiger partial charge in [0, 0.05) is 18.1 Å². The van der Waals surface area contributed by atoms with Crippen molar-refractivity contribution in [1.29, 1.82) is 0 Å². The number of carbonyl (C=O) groups is 2. The average Bonchev–Trinajstić information content (AvgIpc) is 2.99. The van der Waals surface area contributed by atoms with Crippen LogP contribution in [0.15, 0.2) is 11.6 Å². The van der Waals surface area contributed by atoms with Crippen LogP contribution in [0.3, 0.4) is 0 Å². The molecule has 0 saturated carbocycles. The van der Waals surface area contributed by atoms with Gasteiger partial charge in [-0.05, 0) is 33.2 Å². The number of ether oxygens (including phenoxy) is 1. The zero-order valence-corrected chi connectivity index (χ0v) is 13.2. The fraction of sp³-hybridized carbons (Fsp3) is 0.643. The molecule has 7 heteroatoms. The van der Waals surface area contributed by atoms with Gasteiger partial charge in [0.1, 0.15) is 0 Å². The molecule has 1 saturated heterocycles. The maximum atomic E-state index is 12.2. The monoisotopic (exact) mass is 311 g/mol. The van der Waals surface area contributed by atoms with E-state index in [1.807, 2.05) is 24.1 Å². The van der Waals surface area contributed by atoms with Gasteiger partial charge in [-0.15, -0.1) is 11.3 Å². The molecule has 21 heavy (non-hydrogen) atoms. The van der Waals surface area contributed by atoms with Gasteiger partial charge in [0.05, 0.1) is 18.6 Å². The molecule has 6 nitrogen and oxygen atoms in total. The standard InChI is InChI=1S/C14H21N3O3S/c1-3-20-13(19)11-5-4-7-17(9-11)10(2)12(18)16-14-15-6-8-21-14/h6,8,10-11H,3-5,7,9H2,1-2H3,(H,15,16,18)/t10-,11-/m1/s1. The second-order valence-electron chi connectivity index (χ2n) is 5.09. The van der Waals surface area contributed by atoms with E-state index in [1.165, 1.54) is 11.3 Å². The number of carbonyl (C=O) groups excluding carboxylic acids is 2. The third-order valence-corrected chi connectivity index (χ3v) is 4.35. The predicted molar refractivity (Wildman–Crippen MR) is 81.1 cm³/mol. The zero-order chi connectivity index (χ0) is 15.2. The number of esters is 1. The van der Waals surface area contributed by atoms with Crippen LogP contribution in [0.1, 0.15) is 26.7 Å². The summed E-state index contributed by atoms with van der Waals surface area (Å²) >= 11 is 1.39. The highest BCUT2D eigenvalue weighted by atomic mass is 32.1. The second kappa shape index (κ2) is 7.51. The minimum atomic E-state index is -0.286. The summed E-state index contributed by atoms with van der Waals surface area (Å²) in [7, 11) is 0. The highest BCUT2D eigenvalue weighted by molar-refractivity contribution is 7.13. The largest absolute Gasteiger partial charge is 0.466 e. The lowest BCUT2D eigenvalue weighted by atomic mass is 9.97. The van der Waals surface area contributed by atoms with Crippen molar-refractivity contribution in [3.05, 3.63) is 11.6 Å². The van der Waals surface area contributed by atoms with Gasteiger partial charge in [-0.25, -0.2) is 4.98 Å². The fourth-order valence-corrected chi connectivity index (χ4v) is 3.00. The van der Waals surface area contributed by atoms with E-state index < -0.39 is 0 Å². The second-order valence-corrected chi connectivity index (χ2v) is 5.98. The molecule has 0 spiro atoms. The van der Waals surface area contributed by atoms with Crippen LogP contribution < -0.4 is 5.32 Å². The topological polar surface area (TPSA) is 71.5 Å². The van der Waals surface area contributed by atoms with E-state index in [2.05, 4.69) is 10.3 Å². The number of hydrogen-bond acceptors (Lipinski definition) is 6. The van der Waals surface area contributed by atoms with Crippen LogP contribution in [0.5, 0.6) is 0 Å². The van der Waals surface area contributed by atoms with E-state index in [0.29, 0.717) is 18.3 Å². The molecule has 1 aromatic heterocycles. The molecule has 0 aliphatic carbocycles. The number of anilines is 1. The first-order chi connectivity index (χ1) is 10.1. The van der Waals surface area contributed by atoms with Gasteiger partial charge in [0.2, 0.25) is 5.91 Å². The number of nitrogens with zero attached hydrogens (tertiary/aromatic N) is 2. The molecule has 2 heterocycles. The lowest BCUT2D eigenvalue weighted by Gasteiger charge is -2.34. The first-order valence-electron chi connectivity index (χ1n) is 7.22. The first kappa shape index (κ1) is 15.9. The summed E-state index contributed by atoms with van der Waals surface area (Å²) < 4.78 is 5.08. The molecule has 1 fully saturated rings. The van der Waals surface area contributed by atoms with Crippen LogP contribution in [-0.4, -0.2) is 47.5 Å². The van der Waals surface area contributed by atoms with E-state index in [-0.39, 0.29) is 23.8 Å². The average molecular weight is 311 g/mol. The fourth-order valence-electron chi connectivity index (χ4n) is 2.47. The Bertz CT molecular complexity index is 478. The van der Waals surface area contributed by atoms with Crippen LogP contribution in [0.2, 0.25) is 0 Å². The highest BCUT2D eigenvalue weighted by Crippen LogP contribution is 2.20. The van der Waals surface area contributed by atoms with Crippen LogP contribution in [0.4, 0.5) is 5.13 Å². The minimum Gasteiger partial charge on any atom is -0.466 e. The first-order valence-corrected chi connectivity index (χ1v) is 8.10. The lowest BCUT2D eigenvalue weighted by molar-refractivity contribution is -0.150. The summed E-state index contributed by atoms with van der Waals surface area (Å²) in [6.45, 7) is 5.46. The molecular formula is C14H21N3O3S. The smallest absolute Gasteiger partial charge is 0.310 e. The minimum absolute atomic E-state index is 0.0885. The van der Waals surface area contributed by atoms with Crippen LogP contribution in [-0.2, 0) is 14.3 Å². The number of hydrogen-bond donors (Lipinski definition) is 1. The lowest BCUT2D eigenvalue weighted by Crippen LogP contribution is -2.48. The number of piperidine rings is 1. The predicted octanol–water partition coefficient (Wildman–Crippen LogP) is 1.75. The summed E-state index contributed by atoms with van der Waals surface area (Å²) in [5.41, 5.74) is 0.